The first-order valence-corrected chi connectivity index (χ1v) is 6.55. The molecule has 0 bridgehead atoms. The van der Waals surface area contributed by atoms with Crippen LogP contribution < -0.4 is 5.32 Å². The Kier molecular flexibility index (Phi) is 3.30. The van der Waals surface area contributed by atoms with Gasteiger partial charge in [0.2, 0.25) is 0 Å². The molecule has 0 spiro atoms. The molecule has 1 aromatic heterocycles. The minimum Gasteiger partial charge on any atom is -0.365 e. The van der Waals surface area contributed by atoms with Crippen molar-refractivity contribution in [3.63, 3.8) is 0 Å². The van der Waals surface area contributed by atoms with Crippen LogP contribution in [0.25, 0.3) is 0 Å². The first-order chi connectivity index (χ1) is 7.92. The van der Waals surface area contributed by atoms with Gasteiger partial charge < -0.3 is 5.32 Å². The fourth-order valence-electron chi connectivity index (χ4n) is 2.47. The Morgan fingerprint density at radius 2 is 1.94 bits per heavy atom. The van der Waals surface area contributed by atoms with E-state index >= 15 is 0 Å². The van der Waals surface area contributed by atoms with Crippen LogP contribution in [-0.2, 0) is 0 Å². The highest BCUT2D eigenvalue weighted by molar-refractivity contribution is 6.30. The summed E-state index contributed by atoms with van der Waals surface area (Å²) in [4.78, 5) is 0. The number of nitrogens with one attached hydrogen (secondary N) is 1. The van der Waals surface area contributed by atoms with Crippen molar-refractivity contribution >= 4 is 17.4 Å². The Labute approximate surface area is 108 Å². The largest absolute Gasteiger partial charge is 0.365 e. The fraction of sp³-hybridized carbons (Fsp3) is 0.692. The van der Waals surface area contributed by atoms with Crippen molar-refractivity contribution in [1.29, 1.82) is 0 Å². The van der Waals surface area contributed by atoms with E-state index < -0.39 is 0 Å². The predicted octanol–water partition coefficient (Wildman–Crippen LogP) is 3.74. The van der Waals surface area contributed by atoms with Crippen LogP contribution in [-0.4, -0.2) is 16.2 Å². The lowest BCUT2D eigenvalue weighted by molar-refractivity contribution is 0.349. The molecule has 17 heavy (non-hydrogen) atoms. The summed E-state index contributed by atoms with van der Waals surface area (Å²) in [7, 11) is 0. The lowest BCUT2D eigenvalue weighted by Crippen LogP contribution is -2.31. The third kappa shape index (κ3) is 2.39. The summed E-state index contributed by atoms with van der Waals surface area (Å²) < 4.78 is 0. The Bertz CT molecular complexity index is 429. The highest BCUT2D eigenvalue weighted by Gasteiger charge is 2.34. The van der Waals surface area contributed by atoms with Gasteiger partial charge in [0, 0.05) is 6.04 Å². The monoisotopic (exact) mass is 253 g/mol. The average Bonchev–Trinajstić information content (AvgIpc) is 2.59. The van der Waals surface area contributed by atoms with Crippen molar-refractivity contribution in [3.05, 3.63) is 16.3 Å². The van der Waals surface area contributed by atoms with Gasteiger partial charge in [-0.2, -0.15) is 0 Å². The van der Waals surface area contributed by atoms with E-state index in [2.05, 4.69) is 29.4 Å². The first-order valence-electron chi connectivity index (χ1n) is 6.18. The molecule has 1 saturated carbocycles. The molecule has 1 fully saturated rings. The molecule has 1 N–H and O–H groups in total. The van der Waals surface area contributed by atoms with E-state index in [9.17, 15) is 0 Å². The van der Waals surface area contributed by atoms with E-state index in [1.54, 1.807) is 0 Å². The van der Waals surface area contributed by atoms with Gasteiger partial charge in [0.05, 0.1) is 0 Å². The second-order valence-corrected chi connectivity index (χ2v) is 6.03. The summed E-state index contributed by atoms with van der Waals surface area (Å²) in [6.07, 6.45) is 3.75. The van der Waals surface area contributed by atoms with Crippen molar-refractivity contribution in [3.8, 4) is 0 Å². The number of halogens is 1. The van der Waals surface area contributed by atoms with Crippen molar-refractivity contribution in [2.24, 2.45) is 5.41 Å². The molecule has 1 unspecified atom stereocenters. The van der Waals surface area contributed by atoms with Crippen molar-refractivity contribution in [2.45, 2.75) is 53.0 Å². The summed E-state index contributed by atoms with van der Waals surface area (Å²) in [5, 5.41) is 12.2. The molecule has 3 nitrogen and oxygen atoms in total. The number of hydrogen-bond acceptors (Lipinski definition) is 3. The van der Waals surface area contributed by atoms with Gasteiger partial charge in [-0.05, 0) is 43.2 Å². The number of hydrogen-bond donors (Lipinski definition) is 1. The minimum absolute atomic E-state index is 0.335. The molecule has 0 radical (unpaired) electrons. The molecule has 1 aliphatic rings. The SMILES string of the molecule is Cc1c(Cl)nnc(NC2CCCC2(C)C)c1C. The van der Waals surface area contributed by atoms with Crippen LogP contribution in [0.3, 0.4) is 0 Å². The Hall–Kier alpha value is -0.830. The van der Waals surface area contributed by atoms with Crippen molar-refractivity contribution in [1.82, 2.24) is 10.2 Å². The van der Waals surface area contributed by atoms with Crippen LogP contribution in [0.1, 0.15) is 44.2 Å². The molecule has 0 amide bonds. The molecular formula is C13H20ClN3. The Morgan fingerprint density at radius 1 is 1.24 bits per heavy atom. The third-order valence-electron chi connectivity index (χ3n) is 4.03. The third-order valence-corrected chi connectivity index (χ3v) is 4.39. The number of aromatic nitrogens is 2. The van der Waals surface area contributed by atoms with E-state index in [0.717, 1.165) is 16.9 Å². The zero-order valence-corrected chi connectivity index (χ0v) is 11.7. The zero-order chi connectivity index (χ0) is 12.6. The highest BCUT2D eigenvalue weighted by Crippen LogP contribution is 2.39. The maximum absolute atomic E-state index is 5.96. The quantitative estimate of drug-likeness (QED) is 0.873. The van der Waals surface area contributed by atoms with Gasteiger partial charge in [0.1, 0.15) is 0 Å². The van der Waals surface area contributed by atoms with Crippen LogP contribution in [0.15, 0.2) is 0 Å². The van der Waals surface area contributed by atoms with Crippen LogP contribution in [0.4, 0.5) is 5.82 Å². The summed E-state index contributed by atoms with van der Waals surface area (Å²) >= 11 is 5.96. The fourth-order valence-corrected chi connectivity index (χ4v) is 2.65. The highest BCUT2D eigenvalue weighted by atomic mass is 35.5. The maximum Gasteiger partial charge on any atom is 0.155 e. The van der Waals surface area contributed by atoms with Crippen LogP contribution in [0.5, 0.6) is 0 Å². The average molecular weight is 254 g/mol. The molecule has 1 atom stereocenters. The standard InChI is InChI=1S/C13H20ClN3/c1-8-9(2)12(17-16-11(8)14)15-10-6-5-7-13(10,3)4/h10H,5-7H2,1-4H3,(H,15,17). The predicted molar refractivity (Wildman–Crippen MR) is 71.6 cm³/mol. The van der Waals surface area contributed by atoms with Crippen LogP contribution >= 0.6 is 11.6 Å². The van der Waals surface area contributed by atoms with Gasteiger partial charge in [0.25, 0.3) is 0 Å². The van der Waals surface area contributed by atoms with E-state index in [-0.39, 0.29) is 0 Å². The molecule has 1 heterocycles. The van der Waals surface area contributed by atoms with E-state index in [1.807, 2.05) is 13.8 Å². The summed E-state index contributed by atoms with van der Waals surface area (Å²) in [5.41, 5.74) is 2.45. The van der Waals surface area contributed by atoms with Gasteiger partial charge >= 0.3 is 0 Å². The second-order valence-electron chi connectivity index (χ2n) is 5.67. The molecule has 1 aliphatic carbocycles. The normalized spacial score (nSPS) is 22.8. The van der Waals surface area contributed by atoms with Gasteiger partial charge in [0.15, 0.2) is 11.0 Å². The second kappa shape index (κ2) is 4.45. The minimum atomic E-state index is 0.335. The van der Waals surface area contributed by atoms with Crippen LogP contribution in [0, 0.1) is 19.3 Å². The molecule has 4 heteroatoms. The van der Waals surface area contributed by atoms with Gasteiger partial charge in [-0.1, -0.05) is 31.9 Å². The summed E-state index contributed by atoms with van der Waals surface area (Å²) in [6, 6.07) is 0.482. The molecule has 0 saturated heterocycles. The van der Waals surface area contributed by atoms with E-state index in [0.29, 0.717) is 16.6 Å². The van der Waals surface area contributed by atoms with Gasteiger partial charge in [-0.3, -0.25) is 0 Å². The molecule has 1 aromatic rings. The van der Waals surface area contributed by atoms with Crippen molar-refractivity contribution < 1.29 is 0 Å². The van der Waals surface area contributed by atoms with Crippen molar-refractivity contribution in [2.75, 3.05) is 5.32 Å². The number of rotatable bonds is 2. The smallest absolute Gasteiger partial charge is 0.155 e. The Balaban J connectivity index is 2.22. The topological polar surface area (TPSA) is 37.8 Å². The zero-order valence-electron chi connectivity index (χ0n) is 11.0. The molecule has 94 valence electrons. The molecule has 0 aromatic carbocycles. The summed E-state index contributed by atoms with van der Waals surface area (Å²) in [5.74, 6) is 0.881. The molecule has 0 aliphatic heterocycles. The first kappa shape index (κ1) is 12.6. The number of anilines is 1. The number of nitrogens with zero attached hydrogens (tertiary/aromatic N) is 2. The maximum atomic E-state index is 5.96. The summed E-state index contributed by atoms with van der Waals surface area (Å²) in [6.45, 7) is 8.64. The lowest BCUT2D eigenvalue weighted by atomic mass is 9.87. The lowest BCUT2D eigenvalue weighted by Gasteiger charge is -2.28. The molecular weight excluding hydrogens is 234 g/mol. The molecule has 2 rings (SSSR count). The van der Waals surface area contributed by atoms with E-state index in [1.165, 1.54) is 19.3 Å². The van der Waals surface area contributed by atoms with Gasteiger partial charge in [-0.15, -0.1) is 10.2 Å². The van der Waals surface area contributed by atoms with Crippen LogP contribution in [0.2, 0.25) is 5.15 Å². The Morgan fingerprint density at radius 3 is 2.53 bits per heavy atom. The van der Waals surface area contributed by atoms with E-state index in [4.69, 9.17) is 11.6 Å². The van der Waals surface area contributed by atoms with Gasteiger partial charge in [-0.25, -0.2) is 0 Å².